The van der Waals surface area contributed by atoms with Crippen molar-refractivity contribution in [2.45, 2.75) is 10.6 Å². The van der Waals surface area contributed by atoms with Gasteiger partial charge in [-0.15, -0.1) is 0 Å². The molecule has 0 aliphatic carbocycles. The molecule has 5 nitrogen and oxygen atoms in total. The molecule has 0 amide bonds. The van der Waals surface area contributed by atoms with Crippen molar-refractivity contribution in [2.24, 2.45) is 0 Å². The van der Waals surface area contributed by atoms with E-state index in [9.17, 15) is 8.78 Å². The van der Waals surface area contributed by atoms with Crippen molar-refractivity contribution in [3.8, 4) is 11.4 Å². The van der Waals surface area contributed by atoms with Gasteiger partial charge >= 0.3 is 11.3 Å². The molecule has 114 valence electrons. The van der Waals surface area contributed by atoms with Crippen molar-refractivity contribution in [3.05, 3.63) is 53.7 Å². The van der Waals surface area contributed by atoms with Crippen LogP contribution in [0.4, 0.5) is 8.78 Å². The van der Waals surface area contributed by atoms with E-state index < -0.39 is 11.3 Å². The lowest BCUT2D eigenvalue weighted by atomic mass is 10.0. The molecule has 1 unspecified atom stereocenters. The Labute approximate surface area is 133 Å². The second-order valence-corrected chi connectivity index (χ2v) is 5.40. The summed E-state index contributed by atoms with van der Waals surface area (Å²) in [5.74, 6) is -0.931. The molecule has 0 spiro atoms. The van der Waals surface area contributed by atoms with Gasteiger partial charge in [0.05, 0.1) is 11.4 Å². The molecule has 3 rings (SSSR count). The third-order valence-electron chi connectivity index (χ3n) is 2.90. The molecule has 2 aromatic heterocycles. The first kappa shape index (κ1) is 15.0. The van der Waals surface area contributed by atoms with Crippen molar-refractivity contribution >= 4 is 24.2 Å². The van der Waals surface area contributed by atoms with Crippen LogP contribution in [0.5, 0.6) is 0 Å². The average Bonchev–Trinajstić information content (AvgIpc) is 3.17. The van der Waals surface area contributed by atoms with Crippen LogP contribution >= 0.6 is 24.2 Å². The zero-order valence-corrected chi connectivity index (χ0v) is 12.4. The number of nitrogens with zero attached hydrogens (tertiary/aromatic N) is 3. The predicted octanol–water partition coefficient (Wildman–Crippen LogP) is 4.03. The topological polar surface area (TPSA) is 65.0 Å². The smallest absolute Gasteiger partial charge is 0.364 e. The first-order valence-electron chi connectivity index (χ1n) is 6.04. The van der Waals surface area contributed by atoms with Gasteiger partial charge in [0.25, 0.3) is 0 Å². The highest BCUT2D eigenvalue weighted by Gasteiger charge is 2.35. The lowest BCUT2D eigenvalue weighted by molar-refractivity contribution is 0.0551. The van der Waals surface area contributed by atoms with E-state index in [0.717, 1.165) is 11.1 Å². The molecule has 9 heteroatoms. The Balaban J connectivity index is 1.93. The molecule has 3 aromatic rings. The van der Waals surface area contributed by atoms with E-state index in [2.05, 4.69) is 32.4 Å². The van der Waals surface area contributed by atoms with Crippen LogP contribution < -0.4 is 0 Å². The molecule has 0 aliphatic rings. The summed E-state index contributed by atoms with van der Waals surface area (Å²) in [5, 5.41) is 3.15. The van der Waals surface area contributed by atoms with Crippen molar-refractivity contribution in [3.63, 3.8) is 0 Å². The molecule has 0 saturated heterocycles. The lowest BCUT2D eigenvalue weighted by Crippen LogP contribution is -2.03. The number of rotatable bonds is 4. The summed E-state index contributed by atoms with van der Waals surface area (Å²) >= 11 is 9.33. The monoisotopic (exact) mass is 343 g/mol. The van der Waals surface area contributed by atoms with Gasteiger partial charge in [-0.2, -0.15) is 26.4 Å². The van der Waals surface area contributed by atoms with Crippen molar-refractivity contribution in [2.75, 3.05) is 0 Å². The Kier molecular flexibility index (Phi) is 3.88. The minimum absolute atomic E-state index is 0.0167. The fraction of sp³-hybridized carbons (Fsp3) is 0.154. The third kappa shape index (κ3) is 2.97. The zero-order chi connectivity index (χ0) is 15.7. The summed E-state index contributed by atoms with van der Waals surface area (Å²) in [6, 6.07) is 6.94. The van der Waals surface area contributed by atoms with Gasteiger partial charge in [0.2, 0.25) is 5.82 Å². The Morgan fingerprint density at radius 3 is 2.73 bits per heavy atom. The second kappa shape index (κ2) is 5.69. The number of halogens is 3. The maximum absolute atomic E-state index is 12.9. The van der Waals surface area contributed by atoms with Crippen LogP contribution in [0, 0.1) is 0 Å². The van der Waals surface area contributed by atoms with Crippen LogP contribution in [0.1, 0.15) is 22.3 Å². The van der Waals surface area contributed by atoms with E-state index in [1.165, 1.54) is 6.26 Å². The molecule has 0 saturated carbocycles. The summed E-state index contributed by atoms with van der Waals surface area (Å²) < 4.78 is 35.1. The second-order valence-electron chi connectivity index (χ2n) is 4.41. The lowest BCUT2D eigenvalue weighted by Gasteiger charge is -2.08. The van der Waals surface area contributed by atoms with Crippen molar-refractivity contribution in [1.82, 2.24) is 15.3 Å². The first-order valence-corrected chi connectivity index (χ1v) is 6.93. The number of hydrogen-bond donors (Lipinski definition) is 1. The van der Waals surface area contributed by atoms with Gasteiger partial charge in [-0.05, 0) is 23.2 Å². The number of thiol groups is 1. The van der Waals surface area contributed by atoms with Crippen molar-refractivity contribution in [1.29, 1.82) is 0 Å². The zero-order valence-electron chi connectivity index (χ0n) is 10.8. The number of benzene rings is 1. The Morgan fingerprint density at radius 2 is 2.09 bits per heavy atom. The van der Waals surface area contributed by atoms with Gasteiger partial charge in [0, 0.05) is 11.1 Å². The van der Waals surface area contributed by atoms with Gasteiger partial charge in [-0.3, -0.25) is 0 Å². The Hall–Kier alpha value is -1.93. The fourth-order valence-electron chi connectivity index (χ4n) is 1.84. The van der Waals surface area contributed by atoms with Crippen LogP contribution in [0.3, 0.4) is 0 Å². The predicted molar refractivity (Wildman–Crippen MR) is 76.8 cm³/mol. The van der Waals surface area contributed by atoms with Crippen LogP contribution in [0.25, 0.3) is 11.4 Å². The quantitative estimate of drug-likeness (QED) is 0.572. The average molecular weight is 344 g/mol. The van der Waals surface area contributed by atoms with E-state index in [1.54, 1.807) is 24.4 Å². The fourth-order valence-corrected chi connectivity index (χ4v) is 2.21. The van der Waals surface area contributed by atoms with Gasteiger partial charge < -0.3 is 9.05 Å². The summed E-state index contributed by atoms with van der Waals surface area (Å²) in [6.07, 6.45) is 3.02. The molecule has 2 heterocycles. The molecule has 0 N–H and O–H groups in total. The molecule has 0 aliphatic heterocycles. The molecule has 0 fully saturated rings. The Bertz CT molecular complexity index is 774. The molecule has 22 heavy (non-hydrogen) atoms. The summed E-state index contributed by atoms with van der Waals surface area (Å²) in [7, 11) is 0. The number of aromatic nitrogens is 3. The molecular weight excluding hydrogens is 336 g/mol. The van der Waals surface area contributed by atoms with Crippen LogP contribution in [-0.4, -0.2) is 15.3 Å². The van der Waals surface area contributed by atoms with Crippen molar-refractivity contribution < 1.29 is 17.8 Å². The van der Waals surface area contributed by atoms with E-state index in [0.29, 0.717) is 5.56 Å². The number of alkyl halides is 3. The molecule has 1 aromatic carbocycles. The first-order chi connectivity index (χ1) is 10.4. The van der Waals surface area contributed by atoms with E-state index >= 15 is 0 Å². The van der Waals surface area contributed by atoms with Gasteiger partial charge in [0.15, 0.2) is 0 Å². The molecule has 0 bridgehead atoms. The Morgan fingerprint density at radius 1 is 1.27 bits per heavy atom. The standard InChI is InChI=1S/C13H8ClF2N3O2S/c14-13(15,16)12-18-11(19-21-12)8-3-1-2-7(4-8)10(22)9-5-17-20-6-9/h1-6,10,22H. The van der Waals surface area contributed by atoms with E-state index in [4.69, 9.17) is 16.1 Å². The van der Waals surface area contributed by atoms with E-state index in [-0.39, 0.29) is 11.1 Å². The summed E-state index contributed by atoms with van der Waals surface area (Å²) in [4.78, 5) is 3.60. The SMILES string of the molecule is FC(F)(Cl)c1nc(-c2cccc(C(S)c3cnoc3)c2)no1. The minimum atomic E-state index is -3.70. The summed E-state index contributed by atoms with van der Waals surface area (Å²) in [5.41, 5.74) is 2.07. The summed E-state index contributed by atoms with van der Waals surface area (Å²) in [6.45, 7) is 0. The maximum atomic E-state index is 12.9. The van der Waals surface area contributed by atoms with Crippen LogP contribution in [0.15, 0.2) is 45.8 Å². The van der Waals surface area contributed by atoms with Crippen LogP contribution in [-0.2, 0) is 5.38 Å². The molecular formula is C13H8ClF2N3O2S. The number of hydrogen-bond acceptors (Lipinski definition) is 6. The largest absolute Gasteiger partial charge is 0.400 e. The highest BCUT2D eigenvalue weighted by Crippen LogP contribution is 2.33. The molecule has 0 radical (unpaired) electrons. The van der Waals surface area contributed by atoms with Gasteiger partial charge in [0.1, 0.15) is 6.26 Å². The van der Waals surface area contributed by atoms with Gasteiger partial charge in [-0.25, -0.2) is 0 Å². The van der Waals surface area contributed by atoms with E-state index in [1.807, 2.05) is 6.07 Å². The maximum Gasteiger partial charge on any atom is 0.400 e. The highest BCUT2D eigenvalue weighted by atomic mass is 35.5. The third-order valence-corrected chi connectivity index (χ3v) is 3.65. The molecule has 1 atom stereocenters. The van der Waals surface area contributed by atoms with Crippen LogP contribution in [0.2, 0.25) is 0 Å². The normalized spacial score (nSPS) is 13.3. The highest BCUT2D eigenvalue weighted by molar-refractivity contribution is 7.80. The minimum Gasteiger partial charge on any atom is -0.364 e. The van der Waals surface area contributed by atoms with Gasteiger partial charge in [-0.1, -0.05) is 28.5 Å².